The number of nitrogens with two attached hydrogens (primary N) is 1. The number of hydrogen-bond donors (Lipinski definition) is 3. The summed E-state index contributed by atoms with van der Waals surface area (Å²) < 4.78 is 47.2. The number of fused-ring (bicyclic) bond motifs is 1. The van der Waals surface area contributed by atoms with Crippen molar-refractivity contribution < 1.29 is 27.1 Å². The third-order valence-electron chi connectivity index (χ3n) is 8.09. The van der Waals surface area contributed by atoms with Gasteiger partial charge in [0.05, 0.1) is 22.8 Å². The number of nitrogen functional groups attached to an aromatic ring is 1. The van der Waals surface area contributed by atoms with E-state index in [1.54, 1.807) is 50.1 Å². The second kappa shape index (κ2) is 13.3. The van der Waals surface area contributed by atoms with Gasteiger partial charge in [-0.15, -0.1) is 0 Å². The van der Waals surface area contributed by atoms with Crippen LogP contribution >= 0.6 is 0 Å². The van der Waals surface area contributed by atoms with Crippen molar-refractivity contribution >= 4 is 49.6 Å². The zero-order valence-corrected chi connectivity index (χ0v) is 27.0. The fourth-order valence-electron chi connectivity index (χ4n) is 5.83. The number of anilines is 3. The summed E-state index contributed by atoms with van der Waals surface area (Å²) in [6.07, 6.45) is 2.74. The summed E-state index contributed by atoms with van der Waals surface area (Å²) in [4.78, 5) is 32.4. The first-order valence-corrected chi connectivity index (χ1v) is 16.7. The monoisotopic (exact) mass is 647 g/mol. The quantitative estimate of drug-likeness (QED) is 0.190. The van der Waals surface area contributed by atoms with Gasteiger partial charge < -0.3 is 26.0 Å². The first-order valence-electron chi connectivity index (χ1n) is 15.2. The standard InChI is InChI=1S/C34H38FN5O5S/c1-5-45-30-18-23(8-12-28(30)35)32(39-24-9-11-26-22(17-24)14-15-37-33(26)36)34(42)40-16-6-7-29(40)27-19-25(38-21(4)41)10-13-31(27)46(43,44)20(2)3/h8-15,17-20,29,32,39H,5-7,16H2,1-4H3,(H2,36,37)(H,38,41). The molecule has 5 rings (SSSR count). The van der Waals surface area contributed by atoms with Crippen LogP contribution in [0.2, 0.25) is 0 Å². The molecule has 1 saturated heterocycles. The topological polar surface area (TPSA) is 144 Å². The number of sulfone groups is 1. The highest BCUT2D eigenvalue weighted by atomic mass is 32.2. The summed E-state index contributed by atoms with van der Waals surface area (Å²) in [7, 11) is -3.74. The predicted molar refractivity (Wildman–Crippen MR) is 177 cm³/mol. The Kier molecular flexibility index (Phi) is 9.47. The Hall–Kier alpha value is -4.71. The summed E-state index contributed by atoms with van der Waals surface area (Å²) in [5, 5.41) is 6.94. The number of carbonyl (C=O) groups excluding carboxylic acids is 2. The van der Waals surface area contributed by atoms with E-state index in [9.17, 15) is 22.4 Å². The molecule has 3 aromatic carbocycles. The van der Waals surface area contributed by atoms with E-state index in [4.69, 9.17) is 10.5 Å². The Morgan fingerprint density at radius 1 is 1.09 bits per heavy atom. The number of halogens is 1. The number of pyridine rings is 1. The Bertz CT molecular complexity index is 1900. The molecule has 0 aliphatic carbocycles. The average molecular weight is 648 g/mol. The number of benzene rings is 3. The van der Waals surface area contributed by atoms with Gasteiger partial charge in [0.2, 0.25) is 11.8 Å². The molecule has 0 saturated carbocycles. The smallest absolute Gasteiger partial charge is 0.250 e. The van der Waals surface area contributed by atoms with E-state index in [1.165, 1.54) is 31.2 Å². The minimum absolute atomic E-state index is 0.0169. The van der Waals surface area contributed by atoms with Crippen molar-refractivity contribution in [3.05, 3.63) is 83.8 Å². The molecule has 0 spiro atoms. The van der Waals surface area contributed by atoms with Gasteiger partial charge in [0.25, 0.3) is 0 Å². The molecule has 1 aromatic heterocycles. The van der Waals surface area contributed by atoms with Crippen LogP contribution in [0.4, 0.5) is 21.6 Å². The normalized spacial score (nSPS) is 15.6. The molecule has 1 aliphatic rings. The molecular formula is C34H38FN5O5S. The summed E-state index contributed by atoms with van der Waals surface area (Å²) in [5.74, 6) is -0.789. The van der Waals surface area contributed by atoms with Gasteiger partial charge in [-0.2, -0.15) is 0 Å². The number of hydrogen-bond acceptors (Lipinski definition) is 8. The third-order valence-corrected chi connectivity index (χ3v) is 10.3. The van der Waals surface area contributed by atoms with E-state index < -0.39 is 33.0 Å². The van der Waals surface area contributed by atoms with Crippen LogP contribution in [0.5, 0.6) is 5.75 Å². The Labute approximate surface area is 268 Å². The van der Waals surface area contributed by atoms with Gasteiger partial charge >= 0.3 is 0 Å². The van der Waals surface area contributed by atoms with Crippen LogP contribution in [0.1, 0.15) is 63.7 Å². The SMILES string of the molecule is CCOc1cc(C(Nc2ccc3c(N)nccc3c2)C(=O)N2CCCC2c2cc(NC(C)=O)ccc2S(=O)(=O)C(C)C)ccc1F. The zero-order chi connectivity index (χ0) is 33.2. The number of carbonyl (C=O) groups is 2. The van der Waals surface area contributed by atoms with Crippen molar-refractivity contribution in [1.29, 1.82) is 0 Å². The van der Waals surface area contributed by atoms with Crippen molar-refractivity contribution in [2.45, 2.75) is 62.8 Å². The van der Waals surface area contributed by atoms with E-state index >= 15 is 0 Å². The van der Waals surface area contributed by atoms with Gasteiger partial charge in [0.15, 0.2) is 21.4 Å². The van der Waals surface area contributed by atoms with Crippen molar-refractivity contribution in [3.8, 4) is 5.75 Å². The first kappa shape index (κ1) is 32.7. The van der Waals surface area contributed by atoms with E-state index in [0.717, 1.165) is 10.8 Å². The summed E-state index contributed by atoms with van der Waals surface area (Å²) >= 11 is 0. The minimum Gasteiger partial charge on any atom is -0.491 e. The molecule has 4 aromatic rings. The number of nitrogens with one attached hydrogen (secondary N) is 2. The molecule has 1 fully saturated rings. The van der Waals surface area contributed by atoms with Gasteiger partial charge in [-0.05, 0) is 105 Å². The van der Waals surface area contributed by atoms with Crippen LogP contribution in [0, 0.1) is 5.82 Å². The van der Waals surface area contributed by atoms with Crippen molar-refractivity contribution in [3.63, 3.8) is 0 Å². The molecule has 2 heterocycles. The van der Waals surface area contributed by atoms with Crippen molar-refractivity contribution in [2.75, 3.05) is 29.5 Å². The molecular weight excluding hydrogens is 609 g/mol. The number of amides is 2. The van der Waals surface area contributed by atoms with Crippen LogP contribution in [-0.4, -0.2) is 48.5 Å². The maximum Gasteiger partial charge on any atom is 0.250 e. The summed E-state index contributed by atoms with van der Waals surface area (Å²) in [6, 6.07) is 14.7. The third kappa shape index (κ3) is 6.62. The number of aromatic nitrogens is 1. The van der Waals surface area contributed by atoms with E-state index in [1.807, 2.05) is 18.2 Å². The Morgan fingerprint density at radius 3 is 2.57 bits per heavy atom. The molecule has 4 N–H and O–H groups in total. The van der Waals surface area contributed by atoms with E-state index in [-0.39, 0.29) is 29.1 Å². The molecule has 2 atom stereocenters. The molecule has 2 amide bonds. The van der Waals surface area contributed by atoms with Crippen LogP contribution in [0.25, 0.3) is 10.8 Å². The molecule has 12 heteroatoms. The Balaban J connectivity index is 1.60. The largest absolute Gasteiger partial charge is 0.491 e. The van der Waals surface area contributed by atoms with E-state index in [2.05, 4.69) is 15.6 Å². The highest BCUT2D eigenvalue weighted by Gasteiger charge is 2.38. The average Bonchev–Trinajstić information content (AvgIpc) is 3.50. The lowest BCUT2D eigenvalue weighted by molar-refractivity contribution is -0.133. The minimum atomic E-state index is -3.74. The highest BCUT2D eigenvalue weighted by molar-refractivity contribution is 7.92. The molecule has 2 unspecified atom stereocenters. The predicted octanol–water partition coefficient (Wildman–Crippen LogP) is 6.01. The highest BCUT2D eigenvalue weighted by Crippen LogP contribution is 2.40. The summed E-state index contributed by atoms with van der Waals surface area (Å²) in [6.45, 7) is 6.93. The maximum atomic E-state index is 14.6. The molecule has 0 radical (unpaired) electrons. The molecule has 46 heavy (non-hydrogen) atoms. The molecule has 0 bridgehead atoms. The van der Waals surface area contributed by atoms with Gasteiger partial charge in [-0.25, -0.2) is 17.8 Å². The lowest BCUT2D eigenvalue weighted by Gasteiger charge is -2.32. The number of ether oxygens (including phenoxy) is 1. The zero-order valence-electron chi connectivity index (χ0n) is 26.2. The Morgan fingerprint density at radius 2 is 1.85 bits per heavy atom. The lowest BCUT2D eigenvalue weighted by atomic mass is 10.0. The van der Waals surface area contributed by atoms with Gasteiger partial charge in [-0.1, -0.05) is 6.07 Å². The number of rotatable bonds is 10. The fraction of sp³-hybridized carbons (Fsp3) is 0.324. The van der Waals surface area contributed by atoms with Crippen molar-refractivity contribution in [2.24, 2.45) is 0 Å². The van der Waals surface area contributed by atoms with Crippen LogP contribution in [-0.2, 0) is 19.4 Å². The van der Waals surface area contributed by atoms with Crippen molar-refractivity contribution in [1.82, 2.24) is 9.88 Å². The van der Waals surface area contributed by atoms with Crippen LogP contribution in [0.3, 0.4) is 0 Å². The van der Waals surface area contributed by atoms with E-state index in [0.29, 0.717) is 47.7 Å². The second-order valence-electron chi connectivity index (χ2n) is 11.5. The molecule has 242 valence electrons. The molecule has 1 aliphatic heterocycles. The van der Waals surface area contributed by atoms with Crippen LogP contribution < -0.4 is 21.1 Å². The molecule has 10 nitrogen and oxygen atoms in total. The van der Waals surface area contributed by atoms with Gasteiger partial charge in [0, 0.05) is 36.4 Å². The van der Waals surface area contributed by atoms with Crippen LogP contribution in [0.15, 0.2) is 71.8 Å². The lowest BCUT2D eigenvalue weighted by Crippen LogP contribution is -2.38. The fourth-order valence-corrected chi connectivity index (χ4v) is 7.12. The van der Waals surface area contributed by atoms with Gasteiger partial charge in [0.1, 0.15) is 11.9 Å². The first-order chi connectivity index (χ1) is 21.9. The summed E-state index contributed by atoms with van der Waals surface area (Å²) in [5.41, 5.74) is 8.01. The maximum absolute atomic E-state index is 14.6. The number of likely N-dealkylation sites (tertiary alicyclic amines) is 1. The number of nitrogens with zero attached hydrogens (tertiary/aromatic N) is 2. The second-order valence-corrected chi connectivity index (χ2v) is 14.0. The van der Waals surface area contributed by atoms with Gasteiger partial charge in [-0.3, -0.25) is 9.59 Å².